The Bertz CT molecular complexity index is 382. The van der Waals surface area contributed by atoms with Gasteiger partial charge in [-0.3, -0.25) is 0 Å². The van der Waals surface area contributed by atoms with Gasteiger partial charge in [0.05, 0.1) is 12.7 Å². The highest BCUT2D eigenvalue weighted by atomic mass is 19.1. The molecule has 2 rings (SSSR count). The third kappa shape index (κ3) is 2.60. The molecule has 94 valence electrons. The zero-order valence-corrected chi connectivity index (χ0v) is 10.2. The van der Waals surface area contributed by atoms with Gasteiger partial charge in [-0.15, -0.1) is 0 Å². The van der Waals surface area contributed by atoms with E-state index in [1.54, 1.807) is 12.1 Å². The van der Waals surface area contributed by atoms with E-state index in [2.05, 4.69) is 0 Å². The molecular formula is C14H19FO2. The Morgan fingerprint density at radius 3 is 2.35 bits per heavy atom. The topological polar surface area (TPSA) is 29.5 Å². The first-order valence-electron chi connectivity index (χ1n) is 6.22. The third-order valence-electron chi connectivity index (χ3n) is 3.62. The molecule has 0 saturated heterocycles. The number of methoxy groups -OCH3 is 1. The molecule has 3 heteroatoms. The molecule has 17 heavy (non-hydrogen) atoms. The maximum atomic E-state index is 13.6. The fraction of sp³-hybridized carbons (Fsp3) is 0.571. The molecule has 1 fully saturated rings. The van der Waals surface area contributed by atoms with E-state index >= 15 is 0 Å². The number of rotatable bonds is 2. The van der Waals surface area contributed by atoms with Crippen LogP contribution in [0.4, 0.5) is 4.39 Å². The quantitative estimate of drug-likeness (QED) is 0.800. The molecule has 0 aromatic heterocycles. The van der Waals surface area contributed by atoms with Crippen molar-refractivity contribution in [3.63, 3.8) is 0 Å². The van der Waals surface area contributed by atoms with E-state index in [-0.39, 0.29) is 5.75 Å². The van der Waals surface area contributed by atoms with Gasteiger partial charge in [0.25, 0.3) is 0 Å². The summed E-state index contributed by atoms with van der Waals surface area (Å²) in [7, 11) is 1.44. The molecule has 0 spiro atoms. The van der Waals surface area contributed by atoms with Gasteiger partial charge in [-0.2, -0.15) is 0 Å². The van der Waals surface area contributed by atoms with Crippen molar-refractivity contribution >= 4 is 0 Å². The smallest absolute Gasteiger partial charge is 0.165 e. The Balaban J connectivity index is 2.28. The van der Waals surface area contributed by atoms with Crippen molar-refractivity contribution in [1.82, 2.24) is 0 Å². The summed E-state index contributed by atoms with van der Waals surface area (Å²) in [5, 5.41) is 10.6. The molecule has 0 heterocycles. The van der Waals surface area contributed by atoms with Crippen LogP contribution in [-0.4, -0.2) is 12.2 Å². The molecule has 1 aliphatic carbocycles. The molecule has 1 aromatic carbocycles. The minimum atomic E-state index is -0.858. The lowest BCUT2D eigenvalue weighted by molar-refractivity contribution is 0.0204. The van der Waals surface area contributed by atoms with Crippen LogP contribution < -0.4 is 4.74 Å². The summed E-state index contributed by atoms with van der Waals surface area (Å²) in [6, 6.07) is 4.77. The standard InChI is InChI=1S/C14H19FO2/c1-17-13-7-6-11(10-12(13)15)14(16)8-4-2-3-5-9-14/h6-7,10,16H,2-5,8-9H2,1H3. The average Bonchev–Trinajstić information content (AvgIpc) is 2.55. The van der Waals surface area contributed by atoms with E-state index in [9.17, 15) is 9.50 Å². The second-order valence-corrected chi connectivity index (χ2v) is 4.80. The predicted octanol–water partition coefficient (Wildman–Crippen LogP) is 3.38. The lowest BCUT2D eigenvalue weighted by atomic mass is 9.86. The van der Waals surface area contributed by atoms with Crippen molar-refractivity contribution in [1.29, 1.82) is 0 Å². The highest BCUT2D eigenvalue weighted by Crippen LogP contribution is 2.37. The van der Waals surface area contributed by atoms with Crippen molar-refractivity contribution < 1.29 is 14.2 Å². The summed E-state index contributed by atoms with van der Waals surface area (Å²) in [5.41, 5.74) is -0.179. The highest BCUT2D eigenvalue weighted by Gasteiger charge is 2.30. The third-order valence-corrected chi connectivity index (χ3v) is 3.62. The molecule has 0 amide bonds. The second-order valence-electron chi connectivity index (χ2n) is 4.80. The highest BCUT2D eigenvalue weighted by molar-refractivity contribution is 5.32. The number of benzene rings is 1. The van der Waals surface area contributed by atoms with Crippen LogP contribution in [0, 0.1) is 5.82 Å². The Kier molecular flexibility index (Phi) is 3.67. The predicted molar refractivity (Wildman–Crippen MR) is 64.6 cm³/mol. The lowest BCUT2D eigenvalue weighted by Gasteiger charge is -2.27. The number of halogens is 1. The van der Waals surface area contributed by atoms with Crippen LogP contribution in [-0.2, 0) is 5.60 Å². The first-order valence-corrected chi connectivity index (χ1v) is 6.22. The molecule has 0 radical (unpaired) electrons. The van der Waals surface area contributed by atoms with Crippen LogP contribution in [0.3, 0.4) is 0 Å². The van der Waals surface area contributed by atoms with Crippen LogP contribution in [0.2, 0.25) is 0 Å². The fourth-order valence-electron chi connectivity index (χ4n) is 2.56. The number of hydrogen-bond acceptors (Lipinski definition) is 2. The summed E-state index contributed by atoms with van der Waals surface area (Å²) in [5.74, 6) is -0.173. The largest absolute Gasteiger partial charge is 0.494 e. The number of aliphatic hydroxyl groups is 1. The van der Waals surface area contributed by atoms with Crippen molar-refractivity contribution in [3.8, 4) is 5.75 Å². The van der Waals surface area contributed by atoms with Gasteiger partial charge in [-0.1, -0.05) is 31.7 Å². The van der Waals surface area contributed by atoms with Gasteiger partial charge in [0.2, 0.25) is 0 Å². The Morgan fingerprint density at radius 2 is 1.82 bits per heavy atom. The zero-order valence-electron chi connectivity index (χ0n) is 10.2. The summed E-state index contributed by atoms with van der Waals surface area (Å²) >= 11 is 0. The molecule has 0 unspecified atom stereocenters. The van der Waals surface area contributed by atoms with E-state index in [1.165, 1.54) is 13.2 Å². The molecule has 1 aliphatic rings. The van der Waals surface area contributed by atoms with Gasteiger partial charge >= 0.3 is 0 Å². The molecule has 1 aromatic rings. The average molecular weight is 238 g/mol. The first kappa shape index (κ1) is 12.4. The van der Waals surface area contributed by atoms with Crippen molar-refractivity contribution in [3.05, 3.63) is 29.6 Å². The van der Waals surface area contributed by atoms with Crippen molar-refractivity contribution in [2.24, 2.45) is 0 Å². The minimum absolute atomic E-state index is 0.228. The Hall–Kier alpha value is -1.09. The monoisotopic (exact) mass is 238 g/mol. The van der Waals surface area contributed by atoms with Crippen LogP contribution in [0.15, 0.2) is 18.2 Å². The zero-order chi connectivity index (χ0) is 12.3. The molecule has 0 aliphatic heterocycles. The lowest BCUT2D eigenvalue weighted by Crippen LogP contribution is -2.24. The first-order chi connectivity index (χ1) is 8.15. The molecule has 2 nitrogen and oxygen atoms in total. The number of hydrogen-bond donors (Lipinski definition) is 1. The van der Waals surface area contributed by atoms with Gasteiger partial charge in [-0.25, -0.2) is 4.39 Å². The molecule has 0 bridgehead atoms. The molecule has 1 saturated carbocycles. The SMILES string of the molecule is COc1ccc(C2(O)CCCCCC2)cc1F. The van der Waals surface area contributed by atoms with E-state index in [1.807, 2.05) is 0 Å². The summed E-state index contributed by atoms with van der Waals surface area (Å²) in [4.78, 5) is 0. The number of ether oxygens (including phenoxy) is 1. The van der Waals surface area contributed by atoms with Crippen LogP contribution >= 0.6 is 0 Å². The van der Waals surface area contributed by atoms with E-state index < -0.39 is 11.4 Å². The van der Waals surface area contributed by atoms with Gasteiger partial charge in [-0.05, 0) is 30.5 Å². The summed E-state index contributed by atoms with van der Waals surface area (Å²) in [6.45, 7) is 0. The van der Waals surface area contributed by atoms with Gasteiger partial charge in [0.1, 0.15) is 0 Å². The van der Waals surface area contributed by atoms with Crippen LogP contribution in [0.1, 0.15) is 44.1 Å². The van der Waals surface area contributed by atoms with Crippen molar-refractivity contribution in [2.45, 2.75) is 44.1 Å². The summed E-state index contributed by atoms with van der Waals surface area (Å²) in [6.07, 6.45) is 5.76. The molecule has 0 atom stereocenters. The van der Waals surface area contributed by atoms with E-state index in [0.29, 0.717) is 5.56 Å². The van der Waals surface area contributed by atoms with Crippen LogP contribution in [0.5, 0.6) is 5.75 Å². The minimum Gasteiger partial charge on any atom is -0.494 e. The summed E-state index contributed by atoms with van der Waals surface area (Å²) < 4.78 is 18.5. The van der Waals surface area contributed by atoms with Gasteiger partial charge in [0.15, 0.2) is 11.6 Å². The van der Waals surface area contributed by atoms with E-state index in [4.69, 9.17) is 4.74 Å². The maximum Gasteiger partial charge on any atom is 0.165 e. The van der Waals surface area contributed by atoms with Crippen molar-refractivity contribution in [2.75, 3.05) is 7.11 Å². The fourth-order valence-corrected chi connectivity index (χ4v) is 2.56. The van der Waals surface area contributed by atoms with E-state index in [0.717, 1.165) is 38.5 Å². The van der Waals surface area contributed by atoms with Gasteiger partial charge in [0, 0.05) is 0 Å². The second kappa shape index (κ2) is 5.05. The van der Waals surface area contributed by atoms with Gasteiger partial charge < -0.3 is 9.84 Å². The Morgan fingerprint density at radius 1 is 1.18 bits per heavy atom. The molecular weight excluding hydrogens is 219 g/mol. The Labute approximate surface area is 101 Å². The molecule has 1 N–H and O–H groups in total. The maximum absolute atomic E-state index is 13.6. The van der Waals surface area contributed by atoms with Crippen LogP contribution in [0.25, 0.3) is 0 Å². The normalized spacial score (nSPS) is 19.7.